The van der Waals surface area contributed by atoms with Crippen LogP contribution < -0.4 is 4.74 Å². The molecule has 2 aromatic carbocycles. The van der Waals surface area contributed by atoms with E-state index in [1.807, 2.05) is 19.1 Å². The number of halogens is 3. The van der Waals surface area contributed by atoms with Crippen LogP contribution in [0.15, 0.2) is 30.4 Å². The van der Waals surface area contributed by atoms with Gasteiger partial charge in [-0.1, -0.05) is 57.4 Å². The van der Waals surface area contributed by atoms with Crippen molar-refractivity contribution in [3.05, 3.63) is 53.4 Å². The van der Waals surface area contributed by atoms with Gasteiger partial charge in [0.2, 0.25) is 5.82 Å². The Morgan fingerprint density at radius 1 is 0.800 bits per heavy atom. The summed E-state index contributed by atoms with van der Waals surface area (Å²) in [7, 11) is 0. The molecule has 0 N–H and O–H groups in total. The summed E-state index contributed by atoms with van der Waals surface area (Å²) in [5, 5.41) is 0. The first-order chi connectivity index (χ1) is 17.0. The van der Waals surface area contributed by atoms with Crippen LogP contribution in [0.1, 0.15) is 89.5 Å². The average molecular weight is 483 g/mol. The van der Waals surface area contributed by atoms with Crippen LogP contribution in [0.5, 0.6) is 5.75 Å². The van der Waals surface area contributed by atoms with Gasteiger partial charge in [-0.2, -0.15) is 4.39 Å². The number of benzene rings is 2. The monoisotopic (exact) mass is 482 g/mol. The van der Waals surface area contributed by atoms with Crippen molar-refractivity contribution in [2.24, 2.45) is 17.8 Å². The number of hydrogen-bond acceptors (Lipinski definition) is 1. The molecule has 2 aromatic rings. The van der Waals surface area contributed by atoms with Crippen LogP contribution in [-0.2, 0) is 0 Å². The van der Waals surface area contributed by atoms with E-state index in [9.17, 15) is 8.78 Å². The van der Waals surface area contributed by atoms with Crippen molar-refractivity contribution in [3.63, 3.8) is 0 Å². The standard InChI is InChI=1S/C31H37F3O/c1-3-4-17-35-26-18-25-24-16-15-23(29(32)27(24)28(25)31(34)30(26)33)22-13-11-21(12-14-22)10-9-20-7-5-19(2)6-8-20/h9-10,15-16,18-22H,3-8,11-14,17H2,1-2H3/b10-9+. The predicted molar refractivity (Wildman–Crippen MR) is 136 cm³/mol. The second kappa shape index (κ2) is 10.4. The summed E-state index contributed by atoms with van der Waals surface area (Å²) in [5.74, 6) is -0.179. The molecule has 3 aliphatic carbocycles. The molecule has 0 aliphatic heterocycles. The second-order valence-corrected chi connectivity index (χ2v) is 11.0. The van der Waals surface area contributed by atoms with Gasteiger partial charge >= 0.3 is 0 Å². The third-order valence-corrected chi connectivity index (χ3v) is 8.57. The van der Waals surface area contributed by atoms with Gasteiger partial charge in [-0.15, -0.1) is 0 Å². The maximum absolute atomic E-state index is 15.6. The first kappa shape index (κ1) is 24.5. The van der Waals surface area contributed by atoms with Crippen LogP contribution in [-0.4, -0.2) is 6.61 Å². The lowest BCUT2D eigenvalue weighted by Crippen LogP contribution is -2.16. The molecule has 188 valence electrons. The number of fused-ring (bicyclic) bond motifs is 4. The topological polar surface area (TPSA) is 9.23 Å². The summed E-state index contributed by atoms with van der Waals surface area (Å²) in [6.07, 6.45) is 15.8. The molecule has 0 unspecified atom stereocenters. The summed E-state index contributed by atoms with van der Waals surface area (Å²) in [4.78, 5) is 0. The Balaban J connectivity index is 1.27. The SMILES string of the molecule is CCCCOc1cc2c(c(F)c1F)-c1c-2ccc(C2CCC(/C=C/C3CCC(C)CC3)CC2)c1F. The van der Waals surface area contributed by atoms with Crippen LogP contribution in [0.2, 0.25) is 0 Å². The van der Waals surface area contributed by atoms with E-state index in [1.54, 1.807) is 0 Å². The first-order valence-corrected chi connectivity index (χ1v) is 13.6. The van der Waals surface area contributed by atoms with Crippen molar-refractivity contribution in [3.8, 4) is 28.0 Å². The molecule has 5 rings (SSSR count). The van der Waals surface area contributed by atoms with Gasteiger partial charge in [0.15, 0.2) is 11.6 Å². The third-order valence-electron chi connectivity index (χ3n) is 8.57. The maximum Gasteiger partial charge on any atom is 0.201 e. The Morgan fingerprint density at radius 2 is 1.43 bits per heavy atom. The van der Waals surface area contributed by atoms with Crippen molar-refractivity contribution in [2.45, 2.75) is 84.0 Å². The van der Waals surface area contributed by atoms with Crippen LogP contribution >= 0.6 is 0 Å². The Morgan fingerprint density at radius 3 is 2.09 bits per heavy atom. The molecular weight excluding hydrogens is 445 g/mol. The molecule has 0 saturated heterocycles. The van der Waals surface area contributed by atoms with E-state index in [0.29, 0.717) is 29.2 Å². The molecule has 1 nitrogen and oxygen atoms in total. The van der Waals surface area contributed by atoms with Gasteiger partial charge in [0.25, 0.3) is 0 Å². The molecule has 3 aliphatic rings. The first-order valence-electron chi connectivity index (χ1n) is 13.6. The van der Waals surface area contributed by atoms with E-state index >= 15 is 4.39 Å². The van der Waals surface area contributed by atoms with Crippen molar-refractivity contribution in [2.75, 3.05) is 6.61 Å². The summed E-state index contributed by atoms with van der Waals surface area (Å²) in [6.45, 7) is 4.69. The van der Waals surface area contributed by atoms with E-state index in [-0.39, 0.29) is 28.6 Å². The predicted octanol–water partition coefficient (Wildman–Crippen LogP) is 9.59. The Kier molecular flexibility index (Phi) is 7.27. The number of allylic oxidation sites excluding steroid dienone is 2. The van der Waals surface area contributed by atoms with Crippen molar-refractivity contribution in [1.82, 2.24) is 0 Å². The number of unbranched alkanes of at least 4 members (excludes halogenated alkanes) is 1. The zero-order valence-electron chi connectivity index (χ0n) is 21.0. The Labute approximate surface area is 207 Å². The highest BCUT2D eigenvalue weighted by Gasteiger charge is 2.36. The smallest absolute Gasteiger partial charge is 0.201 e. The van der Waals surface area contributed by atoms with Crippen molar-refractivity contribution >= 4 is 0 Å². The summed E-state index contributed by atoms with van der Waals surface area (Å²) in [5.41, 5.74) is 2.16. The lowest BCUT2D eigenvalue weighted by molar-refractivity contribution is 0.289. The van der Waals surface area contributed by atoms with Gasteiger partial charge in [-0.25, -0.2) is 8.78 Å². The largest absolute Gasteiger partial charge is 0.490 e. The Bertz CT molecular complexity index is 1090. The highest BCUT2D eigenvalue weighted by molar-refractivity contribution is 6.03. The summed E-state index contributed by atoms with van der Waals surface area (Å²) in [6, 6.07) is 5.26. The lowest BCUT2D eigenvalue weighted by atomic mass is 9.73. The fourth-order valence-corrected chi connectivity index (χ4v) is 6.22. The van der Waals surface area contributed by atoms with Crippen LogP contribution in [0.4, 0.5) is 13.2 Å². The van der Waals surface area contributed by atoms with E-state index in [1.165, 1.54) is 31.7 Å². The van der Waals surface area contributed by atoms with E-state index in [4.69, 9.17) is 4.74 Å². The molecule has 2 saturated carbocycles. The molecule has 0 radical (unpaired) electrons. The fraction of sp³-hybridized carbons (Fsp3) is 0.548. The van der Waals surface area contributed by atoms with Gasteiger partial charge < -0.3 is 4.74 Å². The summed E-state index contributed by atoms with van der Waals surface area (Å²) < 4.78 is 50.6. The lowest BCUT2D eigenvalue weighted by Gasteiger charge is -2.31. The van der Waals surface area contributed by atoms with Crippen LogP contribution in [0.25, 0.3) is 22.3 Å². The van der Waals surface area contributed by atoms with Crippen LogP contribution in [0, 0.1) is 35.2 Å². The second-order valence-electron chi connectivity index (χ2n) is 11.0. The molecular formula is C31H37F3O. The van der Waals surface area contributed by atoms with E-state index in [2.05, 4.69) is 19.1 Å². The molecule has 0 heterocycles. The third kappa shape index (κ3) is 4.78. The number of hydrogen-bond donors (Lipinski definition) is 0. The zero-order valence-corrected chi connectivity index (χ0v) is 21.0. The van der Waals surface area contributed by atoms with Crippen LogP contribution in [0.3, 0.4) is 0 Å². The molecule has 2 fully saturated rings. The minimum atomic E-state index is -1.02. The number of rotatable bonds is 7. The summed E-state index contributed by atoms with van der Waals surface area (Å²) >= 11 is 0. The Hall–Kier alpha value is -2.23. The van der Waals surface area contributed by atoms with Gasteiger partial charge in [0, 0.05) is 11.1 Å². The van der Waals surface area contributed by atoms with Gasteiger partial charge in [-0.05, 0) is 91.4 Å². The normalized spacial score (nSPS) is 25.7. The molecule has 0 spiro atoms. The van der Waals surface area contributed by atoms with Gasteiger partial charge in [0.1, 0.15) is 5.82 Å². The average Bonchev–Trinajstić information content (AvgIpc) is 2.86. The van der Waals surface area contributed by atoms with Crippen molar-refractivity contribution in [1.29, 1.82) is 0 Å². The molecule has 35 heavy (non-hydrogen) atoms. The molecule has 0 atom stereocenters. The minimum Gasteiger partial charge on any atom is -0.490 e. The fourth-order valence-electron chi connectivity index (χ4n) is 6.22. The van der Waals surface area contributed by atoms with E-state index in [0.717, 1.165) is 50.4 Å². The molecule has 4 heteroatoms. The van der Waals surface area contributed by atoms with Gasteiger partial charge in [0.05, 0.1) is 6.61 Å². The molecule has 0 aromatic heterocycles. The highest BCUT2D eigenvalue weighted by atomic mass is 19.2. The maximum atomic E-state index is 15.6. The number of ether oxygens (including phenoxy) is 1. The van der Waals surface area contributed by atoms with Gasteiger partial charge in [-0.3, -0.25) is 0 Å². The molecule has 0 amide bonds. The quantitative estimate of drug-likeness (QED) is 0.241. The zero-order chi connectivity index (χ0) is 24.5. The molecule has 0 bridgehead atoms. The minimum absolute atomic E-state index is 0.0677. The van der Waals surface area contributed by atoms with Crippen molar-refractivity contribution < 1.29 is 17.9 Å². The van der Waals surface area contributed by atoms with E-state index < -0.39 is 11.6 Å². The highest BCUT2D eigenvalue weighted by Crippen LogP contribution is 2.54.